The maximum absolute atomic E-state index is 13.1. The van der Waals surface area contributed by atoms with Crippen molar-refractivity contribution in [2.75, 3.05) is 11.1 Å². The highest BCUT2D eigenvalue weighted by Crippen LogP contribution is 2.36. The quantitative estimate of drug-likeness (QED) is 0.375. The summed E-state index contributed by atoms with van der Waals surface area (Å²) in [4.78, 5) is 17.3. The first-order valence-electron chi connectivity index (χ1n) is 8.96. The minimum atomic E-state index is -3.95. The molecule has 0 aliphatic heterocycles. The molecule has 2 aromatic heterocycles. The van der Waals surface area contributed by atoms with E-state index in [2.05, 4.69) is 10.3 Å². The van der Waals surface area contributed by atoms with Crippen LogP contribution < -0.4 is 5.32 Å². The number of hydrogen-bond donors (Lipinski definition) is 1. The highest BCUT2D eigenvalue weighted by Gasteiger charge is 2.29. The minimum Gasteiger partial charge on any atom is -0.428 e. The third-order valence-electron chi connectivity index (χ3n) is 4.07. The molecular weight excluding hydrogens is 459 g/mol. The maximum Gasteiger partial charge on any atom is 0.238 e. The highest BCUT2D eigenvalue weighted by molar-refractivity contribution is 8.00. The fourth-order valence-corrected chi connectivity index (χ4v) is 5.63. The van der Waals surface area contributed by atoms with Crippen LogP contribution in [0.25, 0.3) is 10.8 Å². The first-order valence-corrected chi connectivity index (χ1v) is 12.3. The third kappa shape index (κ3) is 4.87. The number of aromatic nitrogens is 1. The van der Waals surface area contributed by atoms with Gasteiger partial charge < -0.3 is 9.73 Å². The number of thiophene rings is 1. The van der Waals surface area contributed by atoms with Gasteiger partial charge in [0, 0.05) is 5.69 Å². The lowest BCUT2D eigenvalue weighted by Gasteiger charge is -2.05. The number of oxazole rings is 1. The fourth-order valence-electron chi connectivity index (χ4n) is 2.63. The van der Waals surface area contributed by atoms with E-state index in [0.717, 1.165) is 11.8 Å². The lowest BCUT2D eigenvalue weighted by Crippen LogP contribution is -2.14. The molecule has 1 amide bonds. The van der Waals surface area contributed by atoms with Gasteiger partial charge in [0.2, 0.25) is 31.8 Å². The molecule has 10 heteroatoms. The lowest BCUT2D eigenvalue weighted by molar-refractivity contribution is -0.113. The van der Waals surface area contributed by atoms with Crippen LogP contribution in [0.15, 0.2) is 91.5 Å². The van der Waals surface area contributed by atoms with E-state index in [4.69, 9.17) is 4.42 Å². The monoisotopic (exact) mass is 474 g/mol. The second kappa shape index (κ2) is 9.04. The van der Waals surface area contributed by atoms with Crippen molar-refractivity contribution in [1.29, 1.82) is 0 Å². The average Bonchev–Trinajstić information content (AvgIpc) is 3.45. The maximum atomic E-state index is 13.1. The van der Waals surface area contributed by atoms with Gasteiger partial charge in [-0.15, -0.1) is 11.3 Å². The molecule has 0 saturated carbocycles. The van der Waals surface area contributed by atoms with Gasteiger partial charge in [-0.25, -0.2) is 12.8 Å². The van der Waals surface area contributed by atoms with Gasteiger partial charge in [0.25, 0.3) is 0 Å². The molecule has 0 aliphatic rings. The molecule has 6 nitrogen and oxygen atoms in total. The molecule has 0 unspecified atom stereocenters. The number of anilines is 1. The van der Waals surface area contributed by atoms with E-state index < -0.39 is 21.6 Å². The smallest absolute Gasteiger partial charge is 0.238 e. The highest BCUT2D eigenvalue weighted by atomic mass is 32.2. The van der Waals surface area contributed by atoms with Gasteiger partial charge in [0.05, 0.1) is 15.5 Å². The molecule has 0 spiro atoms. The van der Waals surface area contributed by atoms with Crippen molar-refractivity contribution in [3.63, 3.8) is 0 Å². The summed E-state index contributed by atoms with van der Waals surface area (Å²) >= 11 is 2.29. The molecule has 0 bridgehead atoms. The molecule has 2 aromatic carbocycles. The average molecular weight is 475 g/mol. The zero-order valence-electron chi connectivity index (χ0n) is 15.8. The Hall–Kier alpha value is -2.95. The van der Waals surface area contributed by atoms with Crippen molar-refractivity contribution in [1.82, 2.24) is 4.98 Å². The zero-order valence-corrected chi connectivity index (χ0v) is 18.3. The van der Waals surface area contributed by atoms with E-state index in [9.17, 15) is 17.6 Å². The Kier molecular flexibility index (Phi) is 6.21. The normalized spacial score (nSPS) is 11.4. The van der Waals surface area contributed by atoms with Gasteiger partial charge in [-0.1, -0.05) is 36.0 Å². The number of hydrogen-bond acceptors (Lipinski definition) is 7. The standard InChI is InChI=1S/C21H15FN2O4S3/c22-14-8-10-15(11-9-14)23-18(25)13-30-21-20(24-19(28-21)17-7-4-12-29-17)31(26,27)16-5-2-1-3-6-16/h1-12H,13H2,(H,23,25). The number of rotatable bonds is 7. The van der Waals surface area contributed by atoms with Gasteiger partial charge in [-0.2, -0.15) is 4.98 Å². The number of halogens is 1. The summed E-state index contributed by atoms with van der Waals surface area (Å²) in [5.74, 6) is -0.751. The number of nitrogens with zero attached hydrogens (tertiary/aromatic N) is 1. The number of carbonyl (C=O) groups excluding carboxylic acids is 1. The first kappa shape index (κ1) is 21.3. The van der Waals surface area contributed by atoms with Gasteiger partial charge in [0.1, 0.15) is 5.82 Å². The summed E-state index contributed by atoms with van der Waals surface area (Å²) < 4.78 is 45.0. The number of sulfone groups is 1. The van der Waals surface area contributed by atoms with Crippen LogP contribution in [0.5, 0.6) is 0 Å². The summed E-state index contributed by atoms with van der Waals surface area (Å²) in [5.41, 5.74) is 0.431. The van der Waals surface area contributed by atoms with Crippen LogP contribution in [0.4, 0.5) is 10.1 Å². The van der Waals surface area contributed by atoms with Crippen LogP contribution in [0.3, 0.4) is 0 Å². The van der Waals surface area contributed by atoms with Crippen LogP contribution in [0, 0.1) is 5.82 Å². The molecule has 158 valence electrons. The summed E-state index contributed by atoms with van der Waals surface area (Å²) in [7, 11) is -3.95. The zero-order chi connectivity index (χ0) is 21.8. The Morgan fingerprint density at radius 3 is 2.48 bits per heavy atom. The van der Waals surface area contributed by atoms with Crippen molar-refractivity contribution in [3.8, 4) is 10.8 Å². The van der Waals surface area contributed by atoms with E-state index >= 15 is 0 Å². The number of benzene rings is 2. The Morgan fingerprint density at radius 1 is 1.06 bits per heavy atom. The Morgan fingerprint density at radius 2 is 1.81 bits per heavy atom. The molecule has 0 fully saturated rings. The Balaban J connectivity index is 1.60. The summed E-state index contributed by atoms with van der Waals surface area (Å²) in [6, 6.07) is 16.8. The molecule has 31 heavy (non-hydrogen) atoms. The summed E-state index contributed by atoms with van der Waals surface area (Å²) in [6.45, 7) is 0. The van der Waals surface area contributed by atoms with Crippen LogP contribution in [-0.2, 0) is 14.6 Å². The molecule has 0 atom stereocenters. The van der Waals surface area contributed by atoms with E-state index in [-0.39, 0.29) is 26.7 Å². The van der Waals surface area contributed by atoms with E-state index in [1.165, 1.54) is 47.7 Å². The second-order valence-electron chi connectivity index (χ2n) is 6.25. The SMILES string of the molecule is O=C(CSc1oc(-c2cccs2)nc1S(=O)(=O)c1ccccc1)Nc1ccc(F)cc1. The predicted octanol–water partition coefficient (Wildman–Crippen LogP) is 5.11. The Bertz CT molecular complexity index is 1290. The van der Waals surface area contributed by atoms with Crippen molar-refractivity contribution >= 4 is 44.5 Å². The number of nitrogens with one attached hydrogen (secondary N) is 1. The van der Waals surface area contributed by atoms with E-state index in [1.54, 1.807) is 30.3 Å². The third-order valence-corrected chi connectivity index (χ3v) is 7.68. The van der Waals surface area contributed by atoms with Crippen LogP contribution >= 0.6 is 23.1 Å². The van der Waals surface area contributed by atoms with Gasteiger partial charge in [-0.05, 0) is 47.8 Å². The van der Waals surface area contributed by atoms with Gasteiger partial charge in [-0.3, -0.25) is 4.79 Å². The van der Waals surface area contributed by atoms with Crippen molar-refractivity contribution in [2.24, 2.45) is 0 Å². The Labute approximate surface area is 186 Å². The fraction of sp³-hybridized carbons (Fsp3) is 0.0476. The summed E-state index contributed by atoms with van der Waals surface area (Å²) in [6.07, 6.45) is 0. The number of thioether (sulfide) groups is 1. The van der Waals surface area contributed by atoms with Crippen LogP contribution in [-0.4, -0.2) is 25.1 Å². The topological polar surface area (TPSA) is 89.3 Å². The minimum absolute atomic E-state index is 0.0292. The number of amides is 1. The first-order chi connectivity index (χ1) is 14.9. The molecule has 0 saturated heterocycles. The lowest BCUT2D eigenvalue weighted by atomic mass is 10.3. The predicted molar refractivity (Wildman–Crippen MR) is 117 cm³/mol. The molecular formula is C21H15FN2O4S3. The summed E-state index contributed by atoms with van der Waals surface area (Å²) in [5, 5.41) is 4.25. The largest absolute Gasteiger partial charge is 0.428 e. The van der Waals surface area contributed by atoms with Gasteiger partial charge in [0.15, 0.2) is 0 Å². The van der Waals surface area contributed by atoms with Crippen molar-refractivity contribution in [2.45, 2.75) is 15.0 Å². The van der Waals surface area contributed by atoms with Gasteiger partial charge >= 0.3 is 0 Å². The van der Waals surface area contributed by atoms with Crippen LogP contribution in [0.1, 0.15) is 0 Å². The van der Waals surface area contributed by atoms with E-state index in [0.29, 0.717) is 10.6 Å². The molecule has 4 rings (SSSR count). The van der Waals surface area contributed by atoms with E-state index in [1.807, 2.05) is 5.38 Å². The molecule has 0 radical (unpaired) electrons. The number of carbonyl (C=O) groups is 1. The van der Waals surface area contributed by atoms with Crippen LogP contribution in [0.2, 0.25) is 0 Å². The van der Waals surface area contributed by atoms with Crippen molar-refractivity contribution < 1.29 is 22.0 Å². The molecule has 0 aliphatic carbocycles. The second-order valence-corrected chi connectivity index (χ2v) is 10.0. The molecule has 4 aromatic rings. The molecule has 2 heterocycles. The van der Waals surface area contributed by atoms with Crippen molar-refractivity contribution in [3.05, 3.63) is 77.9 Å². The molecule has 1 N–H and O–H groups in total.